The van der Waals surface area contributed by atoms with E-state index in [1.165, 1.54) is 12.1 Å². The molecule has 0 bridgehead atoms. The Kier molecular flexibility index (Phi) is 3.67. The molecule has 23 heavy (non-hydrogen) atoms. The molecule has 4 rings (SSSR count). The molecule has 1 saturated heterocycles. The molecule has 1 aromatic heterocycles. The fraction of sp³-hybridized carbons (Fsp3) is 0.235. The number of aromatic nitrogens is 2. The van der Waals surface area contributed by atoms with Crippen molar-refractivity contribution in [3.63, 3.8) is 0 Å². The molecule has 3 aromatic rings. The van der Waals surface area contributed by atoms with Gasteiger partial charge < -0.3 is 10.2 Å². The van der Waals surface area contributed by atoms with Gasteiger partial charge in [-0.1, -0.05) is 23.7 Å². The van der Waals surface area contributed by atoms with Crippen LogP contribution in [-0.2, 0) is 0 Å². The average molecular weight is 331 g/mol. The van der Waals surface area contributed by atoms with Crippen LogP contribution in [0.2, 0.25) is 5.02 Å². The zero-order chi connectivity index (χ0) is 15.8. The zero-order valence-electron chi connectivity index (χ0n) is 12.5. The summed E-state index contributed by atoms with van der Waals surface area (Å²) in [7, 11) is 0. The van der Waals surface area contributed by atoms with Gasteiger partial charge in [0.15, 0.2) is 5.82 Å². The summed E-state index contributed by atoms with van der Waals surface area (Å²) in [5.74, 6) is 0.596. The monoisotopic (exact) mass is 330 g/mol. The van der Waals surface area contributed by atoms with E-state index >= 15 is 0 Å². The Bertz CT molecular complexity index is 855. The lowest BCUT2D eigenvalue weighted by atomic mass is 10.2. The fourth-order valence-electron chi connectivity index (χ4n) is 2.99. The second-order valence-electron chi connectivity index (χ2n) is 5.59. The molecule has 1 N–H and O–H groups in total. The zero-order valence-corrected chi connectivity index (χ0v) is 13.2. The number of fused-ring (bicyclic) bond motifs is 1. The summed E-state index contributed by atoms with van der Waals surface area (Å²) in [6.07, 6.45) is 0. The lowest BCUT2D eigenvalue weighted by molar-refractivity contribution is 0.584. The molecule has 1 fully saturated rings. The molecule has 1 aliphatic heterocycles. The smallest absolute Gasteiger partial charge is 0.159 e. The van der Waals surface area contributed by atoms with E-state index in [0.717, 1.165) is 48.6 Å². The van der Waals surface area contributed by atoms with E-state index in [-0.39, 0.29) is 5.82 Å². The Balaban J connectivity index is 1.93. The third kappa shape index (κ3) is 2.56. The van der Waals surface area contributed by atoms with Gasteiger partial charge in [-0.25, -0.2) is 9.07 Å². The molecule has 2 heterocycles. The third-order valence-electron chi connectivity index (χ3n) is 4.12. The molecule has 0 saturated carbocycles. The van der Waals surface area contributed by atoms with E-state index in [1.54, 1.807) is 10.7 Å². The Morgan fingerprint density at radius 2 is 1.87 bits per heavy atom. The van der Waals surface area contributed by atoms with Gasteiger partial charge in [-0.3, -0.25) is 0 Å². The van der Waals surface area contributed by atoms with Gasteiger partial charge in [0.25, 0.3) is 0 Å². The lowest BCUT2D eigenvalue weighted by Crippen LogP contribution is -2.43. The molecule has 0 spiro atoms. The number of para-hydroxylation sites is 1. The molecule has 6 heteroatoms. The second-order valence-corrected chi connectivity index (χ2v) is 5.99. The minimum absolute atomic E-state index is 0.280. The van der Waals surface area contributed by atoms with Crippen LogP contribution < -0.4 is 10.2 Å². The van der Waals surface area contributed by atoms with Crippen molar-refractivity contribution < 1.29 is 4.39 Å². The van der Waals surface area contributed by atoms with Gasteiger partial charge in [0.2, 0.25) is 0 Å². The standard InChI is InChI=1S/C17H16ClFN4/c18-14-3-1-2-4-15(14)23-16-11-12(19)5-6-13(16)17(21-23)22-9-7-20-8-10-22/h1-6,11,20H,7-10H2. The highest BCUT2D eigenvalue weighted by atomic mass is 35.5. The molecule has 0 atom stereocenters. The second kappa shape index (κ2) is 5.83. The molecule has 4 nitrogen and oxygen atoms in total. The SMILES string of the molecule is Fc1ccc2c(N3CCNCC3)nn(-c3ccccc3Cl)c2c1. The van der Waals surface area contributed by atoms with Crippen molar-refractivity contribution in [1.82, 2.24) is 15.1 Å². The quantitative estimate of drug-likeness (QED) is 0.783. The number of hydrogen-bond donors (Lipinski definition) is 1. The summed E-state index contributed by atoms with van der Waals surface area (Å²) in [6, 6.07) is 12.3. The van der Waals surface area contributed by atoms with E-state index in [2.05, 4.69) is 10.2 Å². The van der Waals surface area contributed by atoms with E-state index in [9.17, 15) is 4.39 Å². The topological polar surface area (TPSA) is 33.1 Å². The van der Waals surface area contributed by atoms with Crippen LogP contribution in [0.5, 0.6) is 0 Å². The highest BCUT2D eigenvalue weighted by Gasteiger charge is 2.20. The lowest BCUT2D eigenvalue weighted by Gasteiger charge is -2.27. The molecular formula is C17H16ClFN4. The van der Waals surface area contributed by atoms with Gasteiger partial charge in [-0.05, 0) is 24.3 Å². The molecule has 0 aliphatic carbocycles. The predicted molar refractivity (Wildman–Crippen MR) is 91.1 cm³/mol. The van der Waals surface area contributed by atoms with Crippen LogP contribution in [0.3, 0.4) is 0 Å². The molecule has 1 aliphatic rings. The first-order chi connectivity index (χ1) is 11.2. The van der Waals surface area contributed by atoms with Crippen molar-refractivity contribution in [1.29, 1.82) is 0 Å². The number of anilines is 1. The number of rotatable bonds is 2. The number of benzene rings is 2. The number of halogens is 2. The molecular weight excluding hydrogens is 315 g/mol. The number of nitrogens with one attached hydrogen (secondary N) is 1. The van der Waals surface area contributed by atoms with Gasteiger partial charge in [-0.2, -0.15) is 0 Å². The summed E-state index contributed by atoms with van der Waals surface area (Å²) < 4.78 is 15.5. The highest BCUT2D eigenvalue weighted by molar-refractivity contribution is 6.32. The van der Waals surface area contributed by atoms with Crippen LogP contribution in [0.25, 0.3) is 16.6 Å². The third-order valence-corrected chi connectivity index (χ3v) is 4.44. The van der Waals surface area contributed by atoms with E-state index in [4.69, 9.17) is 16.7 Å². The van der Waals surface area contributed by atoms with Crippen molar-refractivity contribution in [2.75, 3.05) is 31.1 Å². The normalized spacial score (nSPS) is 15.3. The number of nitrogens with zero attached hydrogens (tertiary/aromatic N) is 3. The van der Waals surface area contributed by atoms with E-state index in [0.29, 0.717) is 5.02 Å². The van der Waals surface area contributed by atoms with Gasteiger partial charge >= 0.3 is 0 Å². The molecule has 2 aromatic carbocycles. The maximum absolute atomic E-state index is 13.8. The van der Waals surface area contributed by atoms with Gasteiger partial charge in [0, 0.05) is 37.6 Å². The van der Waals surface area contributed by atoms with Gasteiger partial charge in [0.05, 0.1) is 16.2 Å². The van der Waals surface area contributed by atoms with E-state index < -0.39 is 0 Å². The minimum atomic E-state index is -0.280. The Labute approximate surface area is 138 Å². The summed E-state index contributed by atoms with van der Waals surface area (Å²) in [6.45, 7) is 3.60. The van der Waals surface area contributed by atoms with Crippen LogP contribution in [0.15, 0.2) is 42.5 Å². The van der Waals surface area contributed by atoms with Crippen LogP contribution in [0.4, 0.5) is 10.2 Å². The average Bonchev–Trinajstić information content (AvgIpc) is 2.94. The van der Waals surface area contributed by atoms with Gasteiger partial charge in [0.1, 0.15) is 5.82 Å². The Morgan fingerprint density at radius 1 is 1.09 bits per heavy atom. The largest absolute Gasteiger partial charge is 0.352 e. The van der Waals surface area contributed by atoms with Crippen LogP contribution in [0.1, 0.15) is 0 Å². The van der Waals surface area contributed by atoms with Crippen LogP contribution >= 0.6 is 11.6 Å². The molecule has 118 valence electrons. The van der Waals surface area contributed by atoms with E-state index in [1.807, 2.05) is 24.3 Å². The van der Waals surface area contributed by atoms with Crippen molar-refractivity contribution in [2.24, 2.45) is 0 Å². The summed E-state index contributed by atoms with van der Waals surface area (Å²) in [4.78, 5) is 2.23. The number of hydrogen-bond acceptors (Lipinski definition) is 3. The molecule has 0 radical (unpaired) electrons. The van der Waals surface area contributed by atoms with Crippen molar-refractivity contribution >= 4 is 28.3 Å². The first-order valence-electron chi connectivity index (χ1n) is 7.63. The first-order valence-corrected chi connectivity index (χ1v) is 8.01. The molecule has 0 amide bonds. The predicted octanol–water partition coefficient (Wildman–Crippen LogP) is 3.23. The van der Waals surface area contributed by atoms with Crippen molar-refractivity contribution in [3.8, 4) is 5.69 Å². The fourth-order valence-corrected chi connectivity index (χ4v) is 3.20. The maximum atomic E-state index is 13.8. The maximum Gasteiger partial charge on any atom is 0.159 e. The molecule has 0 unspecified atom stereocenters. The first kappa shape index (κ1) is 14.5. The van der Waals surface area contributed by atoms with Gasteiger partial charge in [-0.15, -0.1) is 5.10 Å². The van der Waals surface area contributed by atoms with Crippen LogP contribution in [-0.4, -0.2) is 36.0 Å². The Morgan fingerprint density at radius 3 is 2.65 bits per heavy atom. The van der Waals surface area contributed by atoms with Crippen molar-refractivity contribution in [2.45, 2.75) is 0 Å². The summed E-state index contributed by atoms with van der Waals surface area (Å²) >= 11 is 6.32. The van der Waals surface area contributed by atoms with Crippen LogP contribution in [0, 0.1) is 5.82 Å². The van der Waals surface area contributed by atoms with Crippen molar-refractivity contribution in [3.05, 3.63) is 53.3 Å². The highest BCUT2D eigenvalue weighted by Crippen LogP contribution is 2.31. The summed E-state index contributed by atoms with van der Waals surface area (Å²) in [5.41, 5.74) is 1.48. The Hall–Kier alpha value is -2.11. The minimum Gasteiger partial charge on any atom is -0.352 e. The number of piperazine rings is 1. The summed E-state index contributed by atoms with van der Waals surface area (Å²) in [5, 5.41) is 9.61.